The van der Waals surface area contributed by atoms with Gasteiger partial charge in [0, 0.05) is 37.1 Å². The fourth-order valence-electron chi connectivity index (χ4n) is 6.38. The molecule has 7 aromatic rings. The number of rotatable bonds is 3. The van der Waals surface area contributed by atoms with Crippen LogP contribution in [0.5, 0.6) is 0 Å². The molecule has 1 aliphatic heterocycles. The molecule has 208 valence electrons. The Bertz CT molecular complexity index is 2310. The summed E-state index contributed by atoms with van der Waals surface area (Å²) >= 11 is 1.87. The van der Waals surface area contributed by atoms with Gasteiger partial charge < -0.3 is 0 Å². The fourth-order valence-corrected chi connectivity index (χ4v) is 7.91. The highest BCUT2D eigenvalue weighted by Crippen LogP contribution is 2.52. The van der Waals surface area contributed by atoms with Crippen LogP contribution >= 0.6 is 11.8 Å². The normalized spacial score (nSPS) is 13.3. The van der Waals surface area contributed by atoms with Crippen molar-refractivity contribution >= 4 is 33.6 Å². The number of nitrogens with zero attached hydrogens (tertiary/aromatic N) is 3. The first-order valence-corrected chi connectivity index (χ1v) is 15.5. The Hall–Kier alpha value is -5.24. The van der Waals surface area contributed by atoms with Crippen LogP contribution in [0.2, 0.25) is 0 Å². The largest absolute Gasteiger partial charge is 0.245 e. The van der Waals surface area contributed by atoms with Crippen molar-refractivity contribution in [2.45, 2.75) is 29.1 Å². The molecule has 0 atom stereocenters. The zero-order valence-electron chi connectivity index (χ0n) is 24.4. The Balaban J connectivity index is 1.24. The summed E-state index contributed by atoms with van der Waals surface area (Å²) in [6, 6.07) is 46.5. The molecule has 0 bridgehead atoms. The smallest absolute Gasteiger partial charge is 0.0991 e. The molecular formula is C40H27N3S. The first-order chi connectivity index (χ1) is 21.5. The van der Waals surface area contributed by atoms with E-state index in [4.69, 9.17) is 9.97 Å². The lowest BCUT2D eigenvalue weighted by Gasteiger charge is -2.35. The zero-order valence-corrected chi connectivity index (χ0v) is 25.2. The van der Waals surface area contributed by atoms with Crippen LogP contribution in [-0.2, 0) is 5.41 Å². The highest BCUT2D eigenvalue weighted by Gasteiger charge is 2.34. The third kappa shape index (κ3) is 4.28. The number of nitriles is 1. The zero-order chi connectivity index (χ0) is 29.8. The highest BCUT2D eigenvalue weighted by atomic mass is 32.2. The molecule has 0 N–H and O–H groups in total. The standard InChI is InChI=1S/C40H27N3S/c1-40(2)32-13-3-4-15-36(32)44-39-31(12-7-14-33(39)40)28-9-6-11-30(23-28)35-21-19-27-17-16-26-18-20-34(42-37(26)38(27)43-35)29-10-5-8-25(22-29)24-41/h3-23H,1-2H3. The van der Waals surface area contributed by atoms with Crippen molar-refractivity contribution < 1.29 is 0 Å². The summed E-state index contributed by atoms with van der Waals surface area (Å²) < 4.78 is 0. The maximum atomic E-state index is 9.39. The minimum atomic E-state index is -0.0759. The van der Waals surface area contributed by atoms with Crippen molar-refractivity contribution in [1.29, 1.82) is 5.26 Å². The SMILES string of the molecule is CC1(C)c2ccccc2Sc2c(-c3cccc(-c4ccc5ccc6ccc(-c7cccc(C#N)c7)nc6c5n4)c3)cccc21. The number of pyridine rings is 2. The summed E-state index contributed by atoms with van der Waals surface area (Å²) in [5, 5.41) is 11.5. The minimum absolute atomic E-state index is 0.0759. The van der Waals surface area contributed by atoms with E-state index >= 15 is 0 Å². The lowest BCUT2D eigenvalue weighted by Crippen LogP contribution is -2.23. The van der Waals surface area contributed by atoms with Gasteiger partial charge in [0.15, 0.2) is 0 Å². The van der Waals surface area contributed by atoms with E-state index in [9.17, 15) is 5.26 Å². The molecule has 0 saturated carbocycles. The number of hydrogen-bond donors (Lipinski definition) is 0. The van der Waals surface area contributed by atoms with Crippen molar-refractivity contribution in [1.82, 2.24) is 9.97 Å². The number of hydrogen-bond acceptors (Lipinski definition) is 4. The van der Waals surface area contributed by atoms with Crippen molar-refractivity contribution in [3.05, 3.63) is 144 Å². The van der Waals surface area contributed by atoms with E-state index in [2.05, 4.69) is 117 Å². The van der Waals surface area contributed by atoms with Gasteiger partial charge in [0.05, 0.1) is 34.1 Å². The highest BCUT2D eigenvalue weighted by molar-refractivity contribution is 7.99. The van der Waals surface area contributed by atoms with E-state index < -0.39 is 0 Å². The average Bonchev–Trinajstić information content (AvgIpc) is 3.07. The van der Waals surface area contributed by atoms with Gasteiger partial charge in [0.2, 0.25) is 0 Å². The van der Waals surface area contributed by atoms with Crippen molar-refractivity contribution in [3.8, 4) is 39.7 Å². The summed E-state index contributed by atoms with van der Waals surface area (Å²) in [5.41, 5.74) is 11.2. The molecule has 0 aliphatic carbocycles. The molecule has 1 aliphatic rings. The summed E-state index contributed by atoms with van der Waals surface area (Å²) in [6.45, 7) is 4.65. The Kier molecular flexibility index (Phi) is 6.11. The first kappa shape index (κ1) is 26.4. The Labute approximate surface area is 260 Å². The molecule has 2 aromatic heterocycles. The molecule has 0 amide bonds. The average molecular weight is 582 g/mol. The molecule has 0 saturated heterocycles. The van der Waals surface area contributed by atoms with Gasteiger partial charge in [-0.05, 0) is 58.7 Å². The maximum absolute atomic E-state index is 9.39. The van der Waals surface area contributed by atoms with E-state index in [0.29, 0.717) is 5.56 Å². The van der Waals surface area contributed by atoms with E-state index in [-0.39, 0.29) is 5.41 Å². The Morgan fingerprint density at radius 3 is 1.91 bits per heavy atom. The van der Waals surface area contributed by atoms with Gasteiger partial charge in [-0.15, -0.1) is 0 Å². The molecule has 3 nitrogen and oxygen atoms in total. The van der Waals surface area contributed by atoms with E-state index in [1.165, 1.54) is 32.0 Å². The third-order valence-electron chi connectivity index (χ3n) is 8.74. The van der Waals surface area contributed by atoms with Crippen molar-refractivity contribution in [3.63, 3.8) is 0 Å². The van der Waals surface area contributed by atoms with Crippen LogP contribution in [0.25, 0.3) is 55.4 Å². The molecular weight excluding hydrogens is 555 g/mol. The van der Waals surface area contributed by atoms with Gasteiger partial charge in [-0.2, -0.15) is 5.26 Å². The molecule has 0 unspecified atom stereocenters. The van der Waals surface area contributed by atoms with Gasteiger partial charge in [-0.25, -0.2) is 9.97 Å². The topological polar surface area (TPSA) is 49.6 Å². The number of aromatic nitrogens is 2. The lowest BCUT2D eigenvalue weighted by atomic mass is 9.77. The molecule has 8 rings (SSSR count). The van der Waals surface area contributed by atoms with Crippen LogP contribution in [0.1, 0.15) is 30.5 Å². The van der Waals surface area contributed by atoms with Gasteiger partial charge in [-0.3, -0.25) is 0 Å². The van der Waals surface area contributed by atoms with E-state index in [1.54, 1.807) is 0 Å². The van der Waals surface area contributed by atoms with Crippen LogP contribution in [-0.4, -0.2) is 9.97 Å². The summed E-state index contributed by atoms with van der Waals surface area (Å²) in [7, 11) is 0. The molecule has 5 aromatic carbocycles. The molecule has 0 spiro atoms. The van der Waals surface area contributed by atoms with Crippen LogP contribution in [0.15, 0.2) is 137 Å². The molecule has 0 fully saturated rings. The second kappa shape index (κ2) is 10.2. The van der Waals surface area contributed by atoms with E-state index in [1.807, 2.05) is 42.1 Å². The van der Waals surface area contributed by atoms with Crippen molar-refractivity contribution in [2.24, 2.45) is 0 Å². The van der Waals surface area contributed by atoms with Gasteiger partial charge in [-0.1, -0.05) is 117 Å². The van der Waals surface area contributed by atoms with E-state index in [0.717, 1.165) is 44.3 Å². The van der Waals surface area contributed by atoms with Gasteiger partial charge in [0.1, 0.15) is 0 Å². The monoisotopic (exact) mass is 581 g/mol. The number of benzene rings is 5. The van der Waals surface area contributed by atoms with Gasteiger partial charge >= 0.3 is 0 Å². The Morgan fingerprint density at radius 2 is 1.18 bits per heavy atom. The predicted molar refractivity (Wildman–Crippen MR) is 181 cm³/mol. The van der Waals surface area contributed by atoms with Crippen LogP contribution in [0.4, 0.5) is 0 Å². The second-order valence-corrected chi connectivity index (χ2v) is 12.8. The Morgan fingerprint density at radius 1 is 0.591 bits per heavy atom. The molecule has 4 heteroatoms. The first-order valence-electron chi connectivity index (χ1n) is 14.7. The molecule has 0 radical (unpaired) electrons. The van der Waals surface area contributed by atoms with Crippen molar-refractivity contribution in [2.75, 3.05) is 0 Å². The maximum Gasteiger partial charge on any atom is 0.0991 e. The van der Waals surface area contributed by atoms with Crippen LogP contribution in [0, 0.1) is 11.3 Å². The van der Waals surface area contributed by atoms with Crippen LogP contribution in [0.3, 0.4) is 0 Å². The van der Waals surface area contributed by atoms with Gasteiger partial charge in [0.25, 0.3) is 0 Å². The predicted octanol–water partition coefficient (Wildman–Crippen LogP) is 10.4. The third-order valence-corrected chi connectivity index (χ3v) is 9.96. The number of fused-ring (bicyclic) bond motifs is 5. The van der Waals surface area contributed by atoms with Crippen LogP contribution < -0.4 is 0 Å². The quantitative estimate of drug-likeness (QED) is 0.195. The fraction of sp³-hybridized carbons (Fsp3) is 0.0750. The second-order valence-electron chi connectivity index (χ2n) is 11.8. The molecule has 44 heavy (non-hydrogen) atoms. The molecule has 3 heterocycles. The lowest BCUT2D eigenvalue weighted by molar-refractivity contribution is 0.608. The summed E-state index contributed by atoms with van der Waals surface area (Å²) in [4.78, 5) is 12.9. The summed E-state index contributed by atoms with van der Waals surface area (Å²) in [6.07, 6.45) is 0. The minimum Gasteiger partial charge on any atom is -0.245 e. The summed E-state index contributed by atoms with van der Waals surface area (Å²) in [5.74, 6) is 0.